The Morgan fingerprint density at radius 2 is 1.81 bits per heavy atom. The van der Waals surface area contributed by atoms with E-state index in [1.165, 1.54) is 17.3 Å². The van der Waals surface area contributed by atoms with Gasteiger partial charge in [0.15, 0.2) is 5.17 Å². The number of nitrogens with one attached hydrogen (secondary N) is 1. The highest BCUT2D eigenvalue weighted by Gasteiger charge is 2.11. The molecule has 21 heavy (non-hydrogen) atoms. The number of amidine groups is 1. The minimum Gasteiger partial charge on any atom is -0.321 e. The fraction of sp³-hybridized carbons (Fsp3) is 0.176. The summed E-state index contributed by atoms with van der Waals surface area (Å²) in [5.41, 5.74) is 2.84. The summed E-state index contributed by atoms with van der Waals surface area (Å²) in [4.78, 5) is 1.97. The zero-order valence-electron chi connectivity index (χ0n) is 11.9. The van der Waals surface area contributed by atoms with E-state index in [9.17, 15) is 0 Å². The van der Waals surface area contributed by atoms with Gasteiger partial charge in [-0.05, 0) is 42.5 Å². The van der Waals surface area contributed by atoms with E-state index in [1.807, 2.05) is 41.5 Å². The van der Waals surface area contributed by atoms with Gasteiger partial charge in [0.05, 0.1) is 11.6 Å². The molecule has 106 valence electrons. The maximum absolute atomic E-state index is 8.86. The fourth-order valence-electron chi connectivity index (χ4n) is 2.06. The number of anilines is 1. The average Bonchev–Trinajstić information content (AvgIpc) is 2.56. The van der Waals surface area contributed by atoms with Crippen LogP contribution in [-0.2, 0) is 6.42 Å². The second-order valence-electron chi connectivity index (χ2n) is 4.56. The van der Waals surface area contributed by atoms with Crippen molar-refractivity contribution >= 4 is 22.6 Å². The van der Waals surface area contributed by atoms with E-state index in [0.29, 0.717) is 10.7 Å². The lowest BCUT2D eigenvalue weighted by Crippen LogP contribution is -2.30. The van der Waals surface area contributed by atoms with Gasteiger partial charge in [-0.2, -0.15) is 5.26 Å². The molecule has 0 bridgehead atoms. The summed E-state index contributed by atoms with van der Waals surface area (Å²) in [7, 11) is 0. The van der Waals surface area contributed by atoms with Gasteiger partial charge >= 0.3 is 0 Å². The number of nitriles is 1. The molecule has 1 N–H and O–H groups in total. The van der Waals surface area contributed by atoms with Crippen LogP contribution in [0.25, 0.3) is 0 Å². The maximum atomic E-state index is 8.86. The van der Waals surface area contributed by atoms with Crippen molar-refractivity contribution in [3.8, 4) is 6.07 Å². The van der Waals surface area contributed by atoms with Crippen LogP contribution in [0.3, 0.4) is 0 Å². The maximum Gasteiger partial charge on any atom is 0.160 e. The molecular weight excluding hydrogens is 278 g/mol. The molecule has 4 heteroatoms. The first-order valence-electron chi connectivity index (χ1n) is 6.69. The molecule has 2 aromatic rings. The Labute approximate surface area is 129 Å². The number of benzene rings is 2. The van der Waals surface area contributed by atoms with Gasteiger partial charge in [0.2, 0.25) is 0 Å². The number of nitrogens with zero attached hydrogens (tertiary/aromatic N) is 2. The van der Waals surface area contributed by atoms with Crippen LogP contribution >= 0.6 is 11.8 Å². The smallest absolute Gasteiger partial charge is 0.160 e. The largest absolute Gasteiger partial charge is 0.321 e. The number of thioether (sulfide) groups is 1. The van der Waals surface area contributed by atoms with Crippen molar-refractivity contribution in [1.29, 1.82) is 10.7 Å². The van der Waals surface area contributed by atoms with Crippen LogP contribution in [0.5, 0.6) is 0 Å². The standard InChI is InChI=1S/C17H17N3S/c1-21-17(19)20(12-11-14-5-3-2-4-6-14)16-9-7-15(13-18)8-10-16/h2-10,19H,11-12H2,1H3. The van der Waals surface area contributed by atoms with E-state index in [1.54, 1.807) is 12.1 Å². The quantitative estimate of drug-likeness (QED) is 0.687. The Kier molecular flexibility index (Phi) is 5.42. The van der Waals surface area contributed by atoms with Gasteiger partial charge in [0, 0.05) is 12.2 Å². The van der Waals surface area contributed by atoms with Crippen LogP contribution in [0, 0.1) is 16.7 Å². The van der Waals surface area contributed by atoms with E-state index < -0.39 is 0 Å². The van der Waals surface area contributed by atoms with Crippen molar-refractivity contribution in [1.82, 2.24) is 0 Å². The molecule has 0 heterocycles. The molecule has 0 aliphatic heterocycles. The average molecular weight is 295 g/mol. The molecule has 0 saturated carbocycles. The Hall–Kier alpha value is -2.25. The van der Waals surface area contributed by atoms with Gasteiger partial charge in [-0.25, -0.2) is 0 Å². The van der Waals surface area contributed by atoms with Crippen LogP contribution in [-0.4, -0.2) is 18.0 Å². The molecule has 2 aromatic carbocycles. The molecule has 0 saturated heterocycles. The minimum atomic E-state index is 0.510. The van der Waals surface area contributed by atoms with Gasteiger partial charge in [0.25, 0.3) is 0 Å². The molecule has 0 aromatic heterocycles. The van der Waals surface area contributed by atoms with Crippen molar-refractivity contribution in [2.45, 2.75) is 6.42 Å². The van der Waals surface area contributed by atoms with Crippen molar-refractivity contribution in [2.75, 3.05) is 17.7 Å². The highest BCUT2D eigenvalue weighted by molar-refractivity contribution is 8.13. The first-order valence-corrected chi connectivity index (χ1v) is 7.91. The fourth-order valence-corrected chi connectivity index (χ4v) is 2.48. The van der Waals surface area contributed by atoms with E-state index in [2.05, 4.69) is 18.2 Å². The van der Waals surface area contributed by atoms with Crippen LogP contribution in [0.4, 0.5) is 5.69 Å². The van der Waals surface area contributed by atoms with Crippen molar-refractivity contribution in [2.24, 2.45) is 0 Å². The van der Waals surface area contributed by atoms with Crippen molar-refractivity contribution in [3.05, 3.63) is 65.7 Å². The molecule has 0 fully saturated rings. The van der Waals surface area contributed by atoms with E-state index >= 15 is 0 Å². The van der Waals surface area contributed by atoms with Crippen molar-refractivity contribution in [3.63, 3.8) is 0 Å². The highest BCUT2D eigenvalue weighted by Crippen LogP contribution is 2.19. The zero-order chi connectivity index (χ0) is 15.1. The first-order chi connectivity index (χ1) is 10.2. The third-order valence-corrected chi connectivity index (χ3v) is 3.82. The molecule has 0 atom stereocenters. The third-order valence-electron chi connectivity index (χ3n) is 3.21. The zero-order valence-corrected chi connectivity index (χ0v) is 12.7. The van der Waals surface area contributed by atoms with Crippen LogP contribution in [0.2, 0.25) is 0 Å². The van der Waals surface area contributed by atoms with E-state index in [4.69, 9.17) is 10.7 Å². The summed E-state index contributed by atoms with van der Waals surface area (Å²) in [6, 6.07) is 19.7. The molecular formula is C17H17N3S. The topological polar surface area (TPSA) is 50.9 Å². The molecule has 0 radical (unpaired) electrons. The van der Waals surface area contributed by atoms with Crippen molar-refractivity contribution < 1.29 is 0 Å². The highest BCUT2D eigenvalue weighted by atomic mass is 32.2. The number of hydrogen-bond acceptors (Lipinski definition) is 3. The Morgan fingerprint density at radius 1 is 1.14 bits per heavy atom. The summed E-state index contributed by atoms with van der Waals surface area (Å²) in [5, 5.41) is 17.5. The predicted molar refractivity (Wildman–Crippen MR) is 89.9 cm³/mol. The lowest BCUT2D eigenvalue weighted by Gasteiger charge is -2.24. The third kappa shape index (κ3) is 4.11. The number of hydrogen-bond donors (Lipinski definition) is 1. The van der Waals surface area contributed by atoms with Crippen LogP contribution in [0.15, 0.2) is 54.6 Å². The summed E-state index contributed by atoms with van der Waals surface area (Å²) in [6.45, 7) is 0.746. The summed E-state index contributed by atoms with van der Waals surface area (Å²) in [6.07, 6.45) is 2.78. The molecule has 0 spiro atoms. The Bertz CT molecular complexity index is 629. The number of rotatable bonds is 4. The summed E-state index contributed by atoms with van der Waals surface area (Å²) in [5.74, 6) is 0. The lowest BCUT2D eigenvalue weighted by molar-refractivity contribution is 0.937. The second-order valence-corrected chi connectivity index (χ2v) is 5.35. The van der Waals surface area contributed by atoms with Crippen LogP contribution in [0.1, 0.15) is 11.1 Å². The van der Waals surface area contributed by atoms with E-state index in [0.717, 1.165) is 18.7 Å². The van der Waals surface area contributed by atoms with E-state index in [-0.39, 0.29) is 0 Å². The molecule has 3 nitrogen and oxygen atoms in total. The SMILES string of the molecule is CSC(=N)N(CCc1ccccc1)c1ccc(C#N)cc1. The first kappa shape index (κ1) is 15.1. The summed E-state index contributed by atoms with van der Waals surface area (Å²) >= 11 is 1.42. The molecule has 0 unspecified atom stereocenters. The molecule has 2 rings (SSSR count). The Morgan fingerprint density at radius 3 is 2.38 bits per heavy atom. The molecule has 0 aliphatic carbocycles. The van der Waals surface area contributed by atoms with Gasteiger partial charge in [0.1, 0.15) is 0 Å². The van der Waals surface area contributed by atoms with Gasteiger partial charge < -0.3 is 4.90 Å². The summed E-state index contributed by atoms with van der Waals surface area (Å²) < 4.78 is 0. The Balaban J connectivity index is 2.14. The monoisotopic (exact) mass is 295 g/mol. The second kappa shape index (κ2) is 7.51. The van der Waals surface area contributed by atoms with Crippen LogP contribution < -0.4 is 4.90 Å². The van der Waals surface area contributed by atoms with Gasteiger partial charge in [-0.15, -0.1) is 0 Å². The normalized spacial score (nSPS) is 9.90. The van der Waals surface area contributed by atoms with Gasteiger partial charge in [-0.3, -0.25) is 5.41 Å². The van der Waals surface area contributed by atoms with Gasteiger partial charge in [-0.1, -0.05) is 42.1 Å². The molecule has 0 amide bonds. The molecule has 0 aliphatic rings. The lowest BCUT2D eigenvalue weighted by atomic mass is 10.1. The predicted octanol–water partition coefficient (Wildman–Crippen LogP) is 3.91. The minimum absolute atomic E-state index is 0.510.